The molecule has 1 saturated carbocycles. The van der Waals surface area contributed by atoms with Gasteiger partial charge in [0.05, 0.1) is 16.9 Å². The van der Waals surface area contributed by atoms with Crippen LogP contribution in [-0.4, -0.2) is 23.8 Å². The molecule has 0 bridgehead atoms. The predicted octanol–water partition coefficient (Wildman–Crippen LogP) is 4.43. The van der Waals surface area contributed by atoms with E-state index in [4.69, 9.17) is 5.73 Å². The van der Waals surface area contributed by atoms with Crippen LogP contribution in [0.5, 0.6) is 0 Å². The summed E-state index contributed by atoms with van der Waals surface area (Å²) in [4.78, 5) is 7.18. The molecule has 0 unspecified atom stereocenters. The summed E-state index contributed by atoms with van der Waals surface area (Å²) in [5.41, 5.74) is 11.1. The Morgan fingerprint density at radius 2 is 1.92 bits per heavy atom. The summed E-state index contributed by atoms with van der Waals surface area (Å²) in [5.74, 6) is 2.18. The van der Waals surface area contributed by atoms with Gasteiger partial charge in [-0.2, -0.15) is 0 Å². The van der Waals surface area contributed by atoms with Crippen molar-refractivity contribution >= 4 is 17.4 Å². The molecule has 0 amide bonds. The standard InChI is InChI=1S/C22H27N3S/c23-21-19-4-2-1-3-17(19)13-22(21)9-11-25(12-10-22)18-7-8-20(24-14-18)26-15-16-5-6-16/h1-4,7-8,14,16,21H,5-6,9-13,15,23H2/t21-/m1/s1. The van der Waals surface area contributed by atoms with Gasteiger partial charge in [-0.1, -0.05) is 24.3 Å². The highest BCUT2D eigenvalue weighted by molar-refractivity contribution is 7.99. The van der Waals surface area contributed by atoms with Crippen LogP contribution < -0.4 is 10.6 Å². The summed E-state index contributed by atoms with van der Waals surface area (Å²) < 4.78 is 0. The lowest BCUT2D eigenvalue weighted by molar-refractivity contribution is 0.187. The minimum absolute atomic E-state index is 0.195. The first-order chi connectivity index (χ1) is 12.7. The quantitative estimate of drug-likeness (QED) is 0.814. The topological polar surface area (TPSA) is 42.1 Å². The van der Waals surface area contributed by atoms with Crippen LogP contribution in [0.4, 0.5) is 5.69 Å². The molecule has 1 atom stereocenters. The Hall–Kier alpha value is -1.52. The molecule has 1 saturated heterocycles. The molecule has 3 nitrogen and oxygen atoms in total. The van der Waals surface area contributed by atoms with Gasteiger partial charge < -0.3 is 10.6 Å². The Balaban J connectivity index is 1.23. The van der Waals surface area contributed by atoms with Gasteiger partial charge in [0.1, 0.15) is 0 Å². The van der Waals surface area contributed by atoms with E-state index in [1.165, 1.54) is 53.3 Å². The molecular formula is C22H27N3S. The van der Waals surface area contributed by atoms with Crippen molar-refractivity contribution in [1.82, 2.24) is 4.98 Å². The van der Waals surface area contributed by atoms with Crippen molar-refractivity contribution < 1.29 is 0 Å². The van der Waals surface area contributed by atoms with E-state index in [-0.39, 0.29) is 11.5 Å². The summed E-state index contributed by atoms with van der Waals surface area (Å²) in [7, 11) is 0. The molecule has 2 heterocycles. The van der Waals surface area contributed by atoms with E-state index >= 15 is 0 Å². The number of anilines is 1. The second-order valence-corrected chi connectivity index (χ2v) is 9.35. The van der Waals surface area contributed by atoms with Crippen molar-refractivity contribution in [3.63, 3.8) is 0 Å². The molecule has 1 aromatic heterocycles. The number of nitrogens with two attached hydrogens (primary N) is 1. The monoisotopic (exact) mass is 365 g/mol. The molecule has 0 radical (unpaired) electrons. The third-order valence-corrected chi connectivity index (χ3v) is 7.78. The SMILES string of the molecule is N[C@@H]1c2ccccc2CC12CCN(c1ccc(SCC3CC3)nc1)CC2. The number of pyridine rings is 1. The average molecular weight is 366 g/mol. The number of nitrogens with zero attached hydrogens (tertiary/aromatic N) is 2. The summed E-state index contributed by atoms with van der Waals surface area (Å²) >= 11 is 1.91. The predicted molar refractivity (Wildman–Crippen MR) is 109 cm³/mol. The second-order valence-electron chi connectivity index (χ2n) is 8.31. The fourth-order valence-electron chi connectivity index (χ4n) is 4.65. The maximum atomic E-state index is 6.69. The van der Waals surface area contributed by atoms with Crippen LogP contribution in [0.1, 0.15) is 42.9 Å². The Morgan fingerprint density at radius 1 is 1.12 bits per heavy atom. The molecule has 4 heteroatoms. The van der Waals surface area contributed by atoms with Crippen molar-refractivity contribution in [3.05, 3.63) is 53.7 Å². The number of thioether (sulfide) groups is 1. The highest BCUT2D eigenvalue weighted by Crippen LogP contribution is 2.51. The molecule has 136 valence electrons. The van der Waals surface area contributed by atoms with Crippen LogP contribution in [0.2, 0.25) is 0 Å². The summed E-state index contributed by atoms with van der Waals surface area (Å²) in [6.45, 7) is 2.16. The number of hydrogen-bond acceptors (Lipinski definition) is 4. The van der Waals surface area contributed by atoms with Gasteiger partial charge in [-0.25, -0.2) is 4.98 Å². The molecule has 26 heavy (non-hydrogen) atoms. The fraction of sp³-hybridized carbons (Fsp3) is 0.500. The summed E-state index contributed by atoms with van der Waals surface area (Å²) in [6, 6.07) is 13.4. The van der Waals surface area contributed by atoms with Gasteiger partial charge >= 0.3 is 0 Å². The van der Waals surface area contributed by atoms with Crippen molar-refractivity contribution in [2.45, 2.75) is 43.2 Å². The summed E-state index contributed by atoms with van der Waals surface area (Å²) in [6.07, 6.45) is 8.37. The maximum Gasteiger partial charge on any atom is 0.0961 e. The zero-order valence-corrected chi connectivity index (χ0v) is 16.0. The number of hydrogen-bond donors (Lipinski definition) is 1. The Labute approximate surface area is 160 Å². The normalized spacial score (nSPS) is 24.0. The highest BCUT2D eigenvalue weighted by Gasteiger charge is 2.45. The third-order valence-electron chi connectivity index (χ3n) is 6.60. The molecule has 2 aromatic rings. The van der Waals surface area contributed by atoms with Gasteiger partial charge in [-0.3, -0.25) is 0 Å². The molecule has 3 aliphatic rings. The molecular weight excluding hydrogens is 338 g/mol. The molecule has 2 N–H and O–H groups in total. The minimum atomic E-state index is 0.195. The fourth-order valence-corrected chi connectivity index (χ4v) is 5.68. The number of piperidine rings is 1. The maximum absolute atomic E-state index is 6.69. The van der Waals surface area contributed by atoms with Crippen molar-refractivity contribution in [1.29, 1.82) is 0 Å². The van der Waals surface area contributed by atoms with Crippen LogP contribution in [0.25, 0.3) is 0 Å². The van der Waals surface area contributed by atoms with Gasteiger partial charge in [0.25, 0.3) is 0 Å². The third kappa shape index (κ3) is 3.03. The first kappa shape index (κ1) is 16.6. The summed E-state index contributed by atoms with van der Waals surface area (Å²) in [5, 5.41) is 1.17. The first-order valence-electron chi connectivity index (χ1n) is 9.91. The van der Waals surface area contributed by atoms with E-state index in [0.29, 0.717) is 0 Å². The Kier molecular flexibility index (Phi) is 4.21. The smallest absolute Gasteiger partial charge is 0.0961 e. The molecule has 2 aliphatic carbocycles. The second kappa shape index (κ2) is 6.58. The van der Waals surface area contributed by atoms with E-state index in [2.05, 4.69) is 52.5 Å². The Bertz CT molecular complexity index is 776. The number of aromatic nitrogens is 1. The van der Waals surface area contributed by atoms with Crippen molar-refractivity contribution in [3.8, 4) is 0 Å². The molecule has 1 aromatic carbocycles. The van der Waals surface area contributed by atoms with E-state index in [1.54, 1.807) is 0 Å². The van der Waals surface area contributed by atoms with Gasteiger partial charge in [-0.05, 0) is 66.7 Å². The molecule has 1 spiro atoms. The van der Waals surface area contributed by atoms with Gasteiger partial charge in [-0.15, -0.1) is 11.8 Å². The zero-order valence-electron chi connectivity index (χ0n) is 15.2. The number of fused-ring (bicyclic) bond motifs is 1. The molecule has 1 aliphatic heterocycles. The Morgan fingerprint density at radius 3 is 2.62 bits per heavy atom. The van der Waals surface area contributed by atoms with E-state index in [1.807, 2.05) is 11.8 Å². The lowest BCUT2D eigenvalue weighted by Crippen LogP contribution is -2.44. The van der Waals surface area contributed by atoms with Crippen LogP contribution >= 0.6 is 11.8 Å². The zero-order chi connectivity index (χ0) is 17.6. The lowest BCUT2D eigenvalue weighted by Gasteiger charge is -2.43. The van der Waals surface area contributed by atoms with Crippen LogP contribution in [0.15, 0.2) is 47.6 Å². The van der Waals surface area contributed by atoms with Crippen LogP contribution in [-0.2, 0) is 6.42 Å². The number of benzene rings is 1. The largest absolute Gasteiger partial charge is 0.370 e. The average Bonchev–Trinajstić information content (AvgIpc) is 3.48. The highest BCUT2D eigenvalue weighted by atomic mass is 32.2. The number of rotatable bonds is 4. The van der Waals surface area contributed by atoms with E-state index in [9.17, 15) is 0 Å². The van der Waals surface area contributed by atoms with Gasteiger partial charge in [0.15, 0.2) is 0 Å². The van der Waals surface area contributed by atoms with Gasteiger partial charge in [0.2, 0.25) is 0 Å². The van der Waals surface area contributed by atoms with Crippen molar-refractivity contribution in [2.75, 3.05) is 23.7 Å². The van der Waals surface area contributed by atoms with Gasteiger partial charge in [0, 0.05) is 24.9 Å². The minimum Gasteiger partial charge on any atom is -0.370 e. The van der Waals surface area contributed by atoms with Crippen LogP contribution in [0, 0.1) is 11.3 Å². The van der Waals surface area contributed by atoms with Crippen LogP contribution in [0.3, 0.4) is 0 Å². The lowest BCUT2D eigenvalue weighted by atomic mass is 9.73. The van der Waals surface area contributed by atoms with E-state index in [0.717, 1.165) is 25.4 Å². The first-order valence-corrected chi connectivity index (χ1v) is 10.9. The molecule has 2 fully saturated rings. The van der Waals surface area contributed by atoms with E-state index < -0.39 is 0 Å². The molecule has 5 rings (SSSR count). The van der Waals surface area contributed by atoms with Crippen molar-refractivity contribution in [2.24, 2.45) is 17.1 Å².